The van der Waals surface area contributed by atoms with Crippen LogP contribution in [0, 0.1) is 0 Å². The molecule has 0 radical (unpaired) electrons. The Labute approximate surface area is 148 Å². The Morgan fingerprint density at radius 3 is 2.56 bits per heavy atom. The maximum Gasteiger partial charge on any atom is 0.267 e. The third-order valence-corrected chi connectivity index (χ3v) is 5.33. The maximum atomic E-state index is 12.2. The van der Waals surface area contributed by atoms with Crippen LogP contribution >= 0.6 is 0 Å². The monoisotopic (exact) mass is 364 g/mol. The summed E-state index contributed by atoms with van der Waals surface area (Å²) in [7, 11) is 1.43. The number of aromatic nitrogens is 1. The fraction of sp³-hybridized carbons (Fsp3) is 0.353. The Balaban J connectivity index is 1.87. The molecule has 0 aliphatic heterocycles. The molecular formula is C17H24N4O3S. The Bertz CT molecular complexity index is 816. The van der Waals surface area contributed by atoms with Crippen LogP contribution in [0.15, 0.2) is 47.5 Å². The molecule has 0 spiro atoms. The van der Waals surface area contributed by atoms with Gasteiger partial charge in [0.2, 0.25) is 10.0 Å². The number of carbonyl (C=O) groups is 1. The molecule has 0 saturated carbocycles. The minimum atomic E-state index is -3.56. The minimum absolute atomic E-state index is 0.0754. The molecule has 25 heavy (non-hydrogen) atoms. The number of amides is 1. The number of aryl methyl sites for hydroxylation is 1. The van der Waals surface area contributed by atoms with Gasteiger partial charge in [0.15, 0.2) is 0 Å². The average molecular weight is 364 g/mol. The number of rotatable bonds is 8. The van der Waals surface area contributed by atoms with Crippen molar-refractivity contribution in [2.45, 2.75) is 11.3 Å². The second kappa shape index (κ2) is 8.17. The van der Waals surface area contributed by atoms with Gasteiger partial charge in [0.05, 0.1) is 0 Å². The first-order valence-electron chi connectivity index (χ1n) is 7.99. The zero-order valence-corrected chi connectivity index (χ0v) is 15.5. The molecule has 0 aliphatic carbocycles. The van der Waals surface area contributed by atoms with Gasteiger partial charge in [-0.2, -0.15) is 0 Å². The highest BCUT2D eigenvalue weighted by Crippen LogP contribution is 2.13. The summed E-state index contributed by atoms with van der Waals surface area (Å²) in [4.78, 5) is 14.4. The molecule has 2 rings (SSSR count). The molecule has 1 aromatic heterocycles. The Kier molecular flexibility index (Phi) is 6.22. The number of hydrogen-bond donors (Lipinski definition) is 2. The van der Waals surface area contributed by atoms with Crippen LogP contribution in [0.5, 0.6) is 0 Å². The van der Waals surface area contributed by atoms with E-state index >= 15 is 0 Å². The molecule has 0 atom stereocenters. The molecule has 1 amide bonds. The molecule has 0 unspecified atom stereocenters. The third-order valence-electron chi connectivity index (χ3n) is 3.94. The number of benzene rings is 1. The Hall–Kier alpha value is -2.32. The highest BCUT2D eigenvalue weighted by atomic mass is 32.2. The second-order valence-corrected chi connectivity index (χ2v) is 7.63. The van der Waals surface area contributed by atoms with Crippen LogP contribution in [0.25, 0.3) is 0 Å². The van der Waals surface area contributed by atoms with Crippen LogP contribution < -0.4 is 14.9 Å². The van der Waals surface area contributed by atoms with E-state index in [1.165, 1.54) is 23.9 Å². The number of para-hydroxylation sites is 1. The summed E-state index contributed by atoms with van der Waals surface area (Å²) < 4.78 is 27.3. The first-order chi connectivity index (χ1) is 11.8. The normalized spacial score (nSPS) is 11.3. The molecular weight excluding hydrogens is 340 g/mol. The van der Waals surface area contributed by atoms with Crippen molar-refractivity contribution in [3.63, 3.8) is 0 Å². The van der Waals surface area contributed by atoms with Crippen LogP contribution in [-0.2, 0) is 17.1 Å². The van der Waals surface area contributed by atoms with Crippen LogP contribution in [0.3, 0.4) is 0 Å². The van der Waals surface area contributed by atoms with Crippen molar-refractivity contribution in [3.05, 3.63) is 48.3 Å². The molecule has 8 heteroatoms. The van der Waals surface area contributed by atoms with Crippen LogP contribution in [0.1, 0.15) is 16.9 Å². The lowest BCUT2D eigenvalue weighted by Crippen LogP contribution is -2.29. The molecule has 0 aliphatic rings. The summed E-state index contributed by atoms with van der Waals surface area (Å²) >= 11 is 0. The molecule has 0 bridgehead atoms. The zero-order valence-electron chi connectivity index (χ0n) is 14.7. The van der Waals surface area contributed by atoms with Gasteiger partial charge in [0.1, 0.15) is 10.6 Å². The van der Waals surface area contributed by atoms with Gasteiger partial charge in [-0.05, 0) is 31.7 Å². The average Bonchev–Trinajstić information content (AvgIpc) is 3.02. The highest BCUT2D eigenvalue weighted by molar-refractivity contribution is 7.89. The molecule has 2 N–H and O–H groups in total. The summed E-state index contributed by atoms with van der Waals surface area (Å²) in [6.45, 7) is 1.31. The van der Waals surface area contributed by atoms with E-state index in [0.29, 0.717) is 12.2 Å². The number of nitrogens with one attached hydrogen (secondary N) is 2. The van der Waals surface area contributed by atoms with Crippen molar-refractivity contribution in [2.24, 2.45) is 7.05 Å². The minimum Gasteiger partial charge on any atom is -0.375 e. The molecule has 1 aromatic carbocycles. The first kappa shape index (κ1) is 19.0. The number of hydrogen-bond acceptors (Lipinski definition) is 4. The number of nitrogens with zero attached hydrogens (tertiary/aromatic N) is 2. The quantitative estimate of drug-likeness (QED) is 0.689. The Morgan fingerprint density at radius 2 is 1.92 bits per heavy atom. The zero-order chi connectivity index (χ0) is 18.4. The van der Waals surface area contributed by atoms with E-state index in [1.807, 2.05) is 37.4 Å². The van der Waals surface area contributed by atoms with E-state index in [0.717, 1.165) is 18.7 Å². The summed E-state index contributed by atoms with van der Waals surface area (Å²) in [5.41, 5.74) is 1.43. The lowest BCUT2D eigenvalue weighted by Gasteiger charge is -2.19. The highest BCUT2D eigenvalue weighted by Gasteiger charge is 2.18. The van der Waals surface area contributed by atoms with Gasteiger partial charge in [0.25, 0.3) is 5.91 Å². The van der Waals surface area contributed by atoms with E-state index in [9.17, 15) is 13.2 Å². The van der Waals surface area contributed by atoms with Crippen LogP contribution in [-0.4, -0.2) is 46.1 Å². The van der Waals surface area contributed by atoms with Gasteiger partial charge < -0.3 is 14.8 Å². The standard InChI is InChI=1S/C17H24N4O3S/c1-18-25(23,24)15-12-16(21(3)13-15)17(22)19-10-7-11-20(2)14-8-5-4-6-9-14/h4-6,8-9,12-13,18H,7,10-11H2,1-3H3,(H,19,22). The predicted octanol–water partition coefficient (Wildman–Crippen LogP) is 1.19. The van der Waals surface area contributed by atoms with Crippen molar-refractivity contribution < 1.29 is 13.2 Å². The van der Waals surface area contributed by atoms with Crippen molar-refractivity contribution >= 4 is 21.6 Å². The summed E-state index contributed by atoms with van der Waals surface area (Å²) in [5.74, 6) is -0.289. The number of anilines is 1. The summed E-state index contributed by atoms with van der Waals surface area (Å²) in [6.07, 6.45) is 2.20. The van der Waals surface area contributed by atoms with Gasteiger partial charge in [-0.15, -0.1) is 0 Å². The van der Waals surface area contributed by atoms with E-state index in [2.05, 4.69) is 14.9 Å². The van der Waals surface area contributed by atoms with Crippen LogP contribution in [0.2, 0.25) is 0 Å². The van der Waals surface area contributed by atoms with Gasteiger partial charge in [-0.25, -0.2) is 13.1 Å². The summed E-state index contributed by atoms with van der Waals surface area (Å²) in [6, 6.07) is 11.4. The number of carbonyl (C=O) groups excluding carboxylic acids is 1. The smallest absolute Gasteiger partial charge is 0.267 e. The van der Waals surface area contributed by atoms with Crippen molar-refractivity contribution in [1.82, 2.24) is 14.6 Å². The lowest BCUT2D eigenvalue weighted by atomic mass is 10.3. The van der Waals surface area contributed by atoms with E-state index in [1.54, 1.807) is 7.05 Å². The molecule has 1 heterocycles. The SMILES string of the molecule is CNS(=O)(=O)c1cc(C(=O)NCCCN(C)c2ccccc2)n(C)c1. The fourth-order valence-corrected chi connectivity index (χ4v) is 3.24. The molecule has 0 saturated heterocycles. The van der Waals surface area contributed by atoms with Crippen molar-refractivity contribution in [2.75, 3.05) is 32.1 Å². The second-order valence-electron chi connectivity index (χ2n) is 5.75. The topological polar surface area (TPSA) is 83.4 Å². The summed E-state index contributed by atoms with van der Waals surface area (Å²) in [5, 5.41) is 2.83. The maximum absolute atomic E-state index is 12.2. The van der Waals surface area contributed by atoms with Crippen molar-refractivity contribution in [3.8, 4) is 0 Å². The lowest BCUT2D eigenvalue weighted by molar-refractivity contribution is 0.0945. The Morgan fingerprint density at radius 1 is 1.24 bits per heavy atom. The van der Waals surface area contributed by atoms with Crippen LogP contribution in [0.4, 0.5) is 5.69 Å². The first-order valence-corrected chi connectivity index (χ1v) is 9.48. The van der Waals surface area contributed by atoms with E-state index in [4.69, 9.17) is 0 Å². The van der Waals surface area contributed by atoms with Crippen molar-refractivity contribution in [1.29, 1.82) is 0 Å². The van der Waals surface area contributed by atoms with Gasteiger partial charge >= 0.3 is 0 Å². The van der Waals surface area contributed by atoms with E-state index in [-0.39, 0.29) is 10.8 Å². The van der Waals surface area contributed by atoms with Gasteiger partial charge in [-0.3, -0.25) is 4.79 Å². The predicted molar refractivity (Wildman–Crippen MR) is 98.3 cm³/mol. The molecule has 7 nitrogen and oxygen atoms in total. The van der Waals surface area contributed by atoms with E-state index < -0.39 is 10.0 Å². The molecule has 136 valence electrons. The third kappa shape index (κ3) is 4.83. The van der Waals surface area contributed by atoms with Gasteiger partial charge in [-0.1, -0.05) is 18.2 Å². The molecule has 2 aromatic rings. The molecule has 0 fully saturated rings. The fourth-order valence-electron chi connectivity index (χ4n) is 2.45. The van der Waals surface area contributed by atoms with Gasteiger partial charge in [0, 0.05) is 39.1 Å². The largest absolute Gasteiger partial charge is 0.375 e. The number of sulfonamides is 1.